The van der Waals surface area contributed by atoms with Gasteiger partial charge >= 0.3 is 0 Å². The first-order valence-electron chi connectivity index (χ1n) is 15.5. The maximum absolute atomic E-state index is 5.16. The summed E-state index contributed by atoms with van der Waals surface area (Å²) >= 11 is 0. The van der Waals surface area contributed by atoms with E-state index in [9.17, 15) is 0 Å². The van der Waals surface area contributed by atoms with Crippen LogP contribution >= 0.6 is 0 Å². The molecule has 0 radical (unpaired) electrons. The fraction of sp³-hybridized carbons (Fsp3) is 0. The average molecular weight is 588 g/mol. The molecule has 0 aliphatic carbocycles. The quantitative estimate of drug-likeness (QED) is 0.194. The minimum Gasteiger partial charge on any atom is -0.208 e. The van der Waals surface area contributed by atoms with Crippen molar-refractivity contribution in [1.29, 1.82) is 0 Å². The Morgan fingerprint density at radius 1 is 0.261 bits per heavy atom. The second-order valence-corrected chi connectivity index (χ2v) is 11.2. The van der Waals surface area contributed by atoms with Gasteiger partial charge in [0.1, 0.15) is 0 Å². The van der Waals surface area contributed by atoms with Crippen LogP contribution in [0.4, 0.5) is 0 Å². The van der Waals surface area contributed by atoms with Crippen LogP contribution in [0.2, 0.25) is 0 Å². The van der Waals surface area contributed by atoms with Crippen LogP contribution in [0.3, 0.4) is 0 Å². The summed E-state index contributed by atoms with van der Waals surface area (Å²) in [4.78, 5) is 15.3. The maximum Gasteiger partial charge on any atom is 0.164 e. The lowest BCUT2D eigenvalue weighted by Crippen LogP contribution is -2.02. The van der Waals surface area contributed by atoms with Gasteiger partial charge in [-0.3, -0.25) is 0 Å². The zero-order chi connectivity index (χ0) is 30.7. The van der Waals surface area contributed by atoms with Crippen LogP contribution in [-0.4, -0.2) is 15.0 Å². The number of fused-ring (bicyclic) bond motifs is 1. The predicted octanol–water partition coefficient (Wildman–Crippen LogP) is 11.0. The maximum atomic E-state index is 5.16. The van der Waals surface area contributed by atoms with E-state index >= 15 is 0 Å². The molecule has 1 heterocycles. The third-order valence-corrected chi connectivity index (χ3v) is 8.37. The van der Waals surface area contributed by atoms with Gasteiger partial charge in [-0.2, -0.15) is 0 Å². The molecule has 0 spiro atoms. The van der Waals surface area contributed by atoms with Crippen molar-refractivity contribution in [1.82, 2.24) is 15.0 Å². The molecule has 0 aliphatic heterocycles. The summed E-state index contributed by atoms with van der Waals surface area (Å²) in [5, 5.41) is 2.41. The highest BCUT2D eigenvalue weighted by atomic mass is 15.0. The van der Waals surface area contributed by atoms with E-state index in [-0.39, 0.29) is 0 Å². The Hall–Kier alpha value is -6.19. The molecule has 1 aromatic heterocycles. The molecule has 8 aromatic rings. The first-order chi connectivity index (χ1) is 22.8. The van der Waals surface area contributed by atoms with Gasteiger partial charge in [-0.15, -0.1) is 0 Å². The number of hydrogen-bond acceptors (Lipinski definition) is 3. The molecule has 7 aromatic carbocycles. The number of hydrogen-bond donors (Lipinski definition) is 0. The molecule has 3 nitrogen and oxygen atoms in total. The van der Waals surface area contributed by atoms with Gasteiger partial charge in [0.2, 0.25) is 0 Å². The van der Waals surface area contributed by atoms with Crippen LogP contribution in [0.15, 0.2) is 176 Å². The topological polar surface area (TPSA) is 38.7 Å². The van der Waals surface area contributed by atoms with Crippen molar-refractivity contribution in [2.24, 2.45) is 0 Å². The van der Waals surface area contributed by atoms with Gasteiger partial charge < -0.3 is 0 Å². The molecule has 0 N–H and O–H groups in total. The van der Waals surface area contributed by atoms with Crippen molar-refractivity contribution >= 4 is 10.8 Å². The number of rotatable bonds is 6. The molecular formula is C43H29N3. The average Bonchev–Trinajstić information content (AvgIpc) is 3.15. The molecule has 0 aliphatic rings. The van der Waals surface area contributed by atoms with Crippen molar-refractivity contribution in [2.75, 3.05) is 0 Å². The van der Waals surface area contributed by atoms with Crippen molar-refractivity contribution in [3.8, 4) is 67.5 Å². The Morgan fingerprint density at radius 3 is 1.39 bits per heavy atom. The van der Waals surface area contributed by atoms with Crippen LogP contribution in [0.5, 0.6) is 0 Å². The molecule has 0 saturated heterocycles. The third-order valence-electron chi connectivity index (χ3n) is 8.37. The zero-order valence-corrected chi connectivity index (χ0v) is 25.1. The minimum absolute atomic E-state index is 0.636. The Morgan fingerprint density at radius 2 is 0.696 bits per heavy atom. The summed E-state index contributed by atoms with van der Waals surface area (Å²) in [6.07, 6.45) is 0. The highest BCUT2D eigenvalue weighted by Crippen LogP contribution is 2.42. The highest BCUT2D eigenvalue weighted by Gasteiger charge is 2.19. The van der Waals surface area contributed by atoms with E-state index in [0.29, 0.717) is 17.5 Å². The molecule has 0 unspecified atom stereocenters. The predicted molar refractivity (Wildman–Crippen MR) is 190 cm³/mol. The van der Waals surface area contributed by atoms with Gasteiger partial charge in [-0.25, -0.2) is 15.0 Å². The fourth-order valence-corrected chi connectivity index (χ4v) is 6.12. The second-order valence-electron chi connectivity index (χ2n) is 11.2. The summed E-state index contributed by atoms with van der Waals surface area (Å²) in [5.74, 6) is 1.91. The van der Waals surface area contributed by atoms with Gasteiger partial charge in [0.15, 0.2) is 17.5 Å². The van der Waals surface area contributed by atoms with E-state index in [4.69, 9.17) is 15.0 Å². The molecule has 0 atom stereocenters. The summed E-state index contributed by atoms with van der Waals surface area (Å²) in [6.45, 7) is 0. The van der Waals surface area contributed by atoms with E-state index in [1.165, 1.54) is 21.9 Å². The molecule has 0 amide bonds. The molecule has 3 heteroatoms. The molecule has 0 bridgehead atoms. The standard InChI is InChI=1S/C43H29N3/c1-4-14-30(15-5-1)31-26-28-35(29-27-31)42-44-41(34-19-8-3-9-20-34)45-43(46-42)39-25-13-24-38(40(39)33-17-6-2-7-18-33)37-23-12-21-32-16-10-11-22-36(32)37/h1-29H. The van der Waals surface area contributed by atoms with Gasteiger partial charge in [0.25, 0.3) is 0 Å². The van der Waals surface area contributed by atoms with Crippen LogP contribution in [0.25, 0.3) is 78.3 Å². The normalized spacial score (nSPS) is 11.0. The monoisotopic (exact) mass is 587 g/mol. The number of nitrogens with zero attached hydrogens (tertiary/aromatic N) is 3. The lowest BCUT2D eigenvalue weighted by molar-refractivity contribution is 1.07. The van der Waals surface area contributed by atoms with Gasteiger partial charge in [-0.05, 0) is 38.6 Å². The Kier molecular flexibility index (Phi) is 7.18. The van der Waals surface area contributed by atoms with Gasteiger partial charge in [0.05, 0.1) is 0 Å². The SMILES string of the molecule is c1ccc(-c2ccc(-c3nc(-c4ccccc4)nc(-c4cccc(-c5cccc6ccccc56)c4-c4ccccc4)n3)cc2)cc1. The molecule has 8 rings (SSSR count). The highest BCUT2D eigenvalue weighted by molar-refractivity contribution is 6.03. The van der Waals surface area contributed by atoms with E-state index in [2.05, 4.69) is 140 Å². The van der Waals surface area contributed by atoms with Crippen LogP contribution < -0.4 is 0 Å². The van der Waals surface area contributed by atoms with E-state index in [0.717, 1.165) is 38.9 Å². The lowest BCUT2D eigenvalue weighted by atomic mass is 9.88. The lowest BCUT2D eigenvalue weighted by Gasteiger charge is -2.17. The Bertz CT molecular complexity index is 2270. The number of benzene rings is 7. The molecule has 46 heavy (non-hydrogen) atoms. The molecule has 216 valence electrons. The Labute approximate surface area is 268 Å². The Balaban J connectivity index is 1.35. The first-order valence-corrected chi connectivity index (χ1v) is 15.5. The van der Waals surface area contributed by atoms with Gasteiger partial charge in [-0.1, -0.05) is 176 Å². The van der Waals surface area contributed by atoms with Gasteiger partial charge in [0, 0.05) is 22.3 Å². The summed E-state index contributed by atoms with van der Waals surface area (Å²) in [5.41, 5.74) is 9.67. The van der Waals surface area contributed by atoms with Crippen molar-refractivity contribution in [3.63, 3.8) is 0 Å². The van der Waals surface area contributed by atoms with Crippen LogP contribution in [0.1, 0.15) is 0 Å². The minimum atomic E-state index is 0.636. The number of aromatic nitrogens is 3. The van der Waals surface area contributed by atoms with Crippen LogP contribution in [-0.2, 0) is 0 Å². The summed E-state index contributed by atoms with van der Waals surface area (Å²) in [6, 6.07) is 61.0. The van der Waals surface area contributed by atoms with Crippen LogP contribution in [0, 0.1) is 0 Å². The molecule has 0 fully saturated rings. The molecule has 0 saturated carbocycles. The van der Waals surface area contributed by atoms with E-state index in [1.54, 1.807) is 0 Å². The molecular weight excluding hydrogens is 558 g/mol. The second kappa shape index (κ2) is 12.1. The summed E-state index contributed by atoms with van der Waals surface area (Å²) < 4.78 is 0. The van der Waals surface area contributed by atoms with E-state index < -0.39 is 0 Å². The van der Waals surface area contributed by atoms with Crippen molar-refractivity contribution < 1.29 is 0 Å². The fourth-order valence-electron chi connectivity index (χ4n) is 6.12. The van der Waals surface area contributed by atoms with Crippen molar-refractivity contribution in [3.05, 3.63) is 176 Å². The first kappa shape index (κ1) is 27.4. The summed E-state index contributed by atoms with van der Waals surface area (Å²) in [7, 11) is 0. The van der Waals surface area contributed by atoms with E-state index in [1.807, 2.05) is 36.4 Å². The smallest absolute Gasteiger partial charge is 0.164 e. The largest absolute Gasteiger partial charge is 0.208 e. The van der Waals surface area contributed by atoms with Crippen molar-refractivity contribution in [2.45, 2.75) is 0 Å². The third kappa shape index (κ3) is 5.25. The zero-order valence-electron chi connectivity index (χ0n) is 25.1.